The molecule has 2 N–H and O–H groups in total. The van der Waals surface area contributed by atoms with Crippen molar-refractivity contribution in [2.45, 2.75) is 31.2 Å². The molecule has 1 aliphatic rings. The Morgan fingerprint density at radius 1 is 1.04 bits per heavy atom. The van der Waals surface area contributed by atoms with Gasteiger partial charge in [-0.25, -0.2) is 13.1 Å². The summed E-state index contributed by atoms with van der Waals surface area (Å²) < 4.78 is 33.6. The Kier molecular flexibility index (Phi) is 5.08. The number of carbonyl (C=O) groups excluding carboxylic acids is 1. The minimum Gasteiger partial charge on any atom is -0.488 e. The fourth-order valence-corrected chi connectivity index (χ4v) is 4.29. The minimum atomic E-state index is -3.79. The molecule has 27 heavy (non-hydrogen) atoms. The predicted molar refractivity (Wildman–Crippen MR) is 105 cm³/mol. The Labute approximate surface area is 159 Å². The average Bonchev–Trinajstić information content (AvgIpc) is 2.59. The molecule has 0 fully saturated rings. The van der Waals surface area contributed by atoms with Crippen molar-refractivity contribution >= 4 is 27.7 Å². The number of nitrogens with one attached hydrogen (secondary N) is 2. The monoisotopic (exact) mass is 386 g/mol. The second kappa shape index (κ2) is 7.17. The molecular weight excluding hydrogens is 364 g/mol. The number of benzene rings is 2. The van der Waals surface area contributed by atoms with Gasteiger partial charge in [-0.3, -0.25) is 4.79 Å². The van der Waals surface area contributed by atoms with Crippen molar-refractivity contribution < 1.29 is 17.9 Å². The highest BCUT2D eigenvalue weighted by atomic mass is 32.2. The molecule has 142 valence electrons. The third-order valence-electron chi connectivity index (χ3n) is 3.79. The van der Waals surface area contributed by atoms with Gasteiger partial charge in [0.2, 0.25) is 10.0 Å². The molecule has 7 heteroatoms. The van der Waals surface area contributed by atoms with Crippen LogP contribution in [0.3, 0.4) is 0 Å². The number of amides is 1. The van der Waals surface area contributed by atoms with E-state index in [4.69, 9.17) is 4.74 Å². The Bertz CT molecular complexity index is 1000. The van der Waals surface area contributed by atoms with Crippen LogP contribution in [0.1, 0.15) is 26.3 Å². The fourth-order valence-electron chi connectivity index (χ4n) is 2.71. The van der Waals surface area contributed by atoms with Crippen LogP contribution in [0, 0.1) is 0 Å². The summed E-state index contributed by atoms with van der Waals surface area (Å²) in [6, 6.07) is 13.7. The van der Waals surface area contributed by atoms with E-state index in [1.165, 1.54) is 6.07 Å². The van der Waals surface area contributed by atoms with E-state index in [2.05, 4.69) is 10.0 Å². The number of anilines is 1. The van der Waals surface area contributed by atoms with E-state index in [1.54, 1.807) is 45.0 Å². The van der Waals surface area contributed by atoms with Crippen molar-refractivity contribution in [2.24, 2.45) is 0 Å². The van der Waals surface area contributed by atoms with Crippen LogP contribution in [0.2, 0.25) is 0 Å². The van der Waals surface area contributed by atoms with Crippen molar-refractivity contribution in [1.29, 1.82) is 0 Å². The van der Waals surface area contributed by atoms with Gasteiger partial charge in [0, 0.05) is 11.1 Å². The molecule has 0 aromatic heterocycles. The van der Waals surface area contributed by atoms with Crippen LogP contribution in [0.4, 0.5) is 5.69 Å². The van der Waals surface area contributed by atoms with E-state index in [1.807, 2.05) is 24.3 Å². The lowest BCUT2D eigenvalue weighted by Crippen LogP contribution is -2.40. The van der Waals surface area contributed by atoms with Crippen LogP contribution in [0.15, 0.2) is 59.0 Å². The highest BCUT2D eigenvalue weighted by Gasteiger charge is 2.26. The first-order valence-corrected chi connectivity index (χ1v) is 10.0. The number of hydrogen-bond donors (Lipinski definition) is 2. The Morgan fingerprint density at radius 3 is 2.44 bits per heavy atom. The van der Waals surface area contributed by atoms with E-state index < -0.39 is 21.5 Å². The molecule has 0 spiro atoms. The third-order valence-corrected chi connectivity index (χ3v) is 5.61. The van der Waals surface area contributed by atoms with Crippen LogP contribution in [0.5, 0.6) is 5.75 Å². The summed E-state index contributed by atoms with van der Waals surface area (Å²) in [5.41, 5.74) is 0.812. The van der Waals surface area contributed by atoms with Gasteiger partial charge in [-0.15, -0.1) is 0 Å². The van der Waals surface area contributed by atoms with E-state index in [9.17, 15) is 13.2 Å². The second-order valence-electron chi connectivity index (χ2n) is 7.30. The minimum absolute atomic E-state index is 0.0194. The summed E-state index contributed by atoms with van der Waals surface area (Å²) in [4.78, 5) is 12.7. The van der Waals surface area contributed by atoms with Crippen LogP contribution < -0.4 is 14.8 Å². The summed E-state index contributed by atoms with van der Waals surface area (Å²) in [7, 11) is -3.79. The van der Waals surface area contributed by atoms with Gasteiger partial charge in [0.15, 0.2) is 0 Å². The van der Waals surface area contributed by atoms with Crippen LogP contribution in [-0.4, -0.2) is 26.5 Å². The number of carbonyl (C=O) groups is 1. The molecule has 0 atom stereocenters. The van der Waals surface area contributed by atoms with E-state index in [0.29, 0.717) is 11.3 Å². The first-order chi connectivity index (χ1) is 12.7. The molecule has 2 aromatic carbocycles. The first-order valence-electron chi connectivity index (χ1n) is 8.52. The summed E-state index contributed by atoms with van der Waals surface area (Å²) in [6.45, 7) is 5.39. The van der Waals surface area contributed by atoms with Crippen molar-refractivity contribution in [3.05, 3.63) is 59.7 Å². The molecule has 6 nitrogen and oxygen atoms in total. The van der Waals surface area contributed by atoms with E-state index in [0.717, 1.165) is 5.56 Å². The number of rotatable bonds is 4. The van der Waals surface area contributed by atoms with Gasteiger partial charge in [0.25, 0.3) is 5.91 Å². The molecule has 0 radical (unpaired) electrons. The summed E-state index contributed by atoms with van der Waals surface area (Å²) in [5.74, 6) is 0.314. The molecule has 1 heterocycles. The van der Waals surface area contributed by atoms with Gasteiger partial charge in [0.1, 0.15) is 17.3 Å². The smallest absolute Gasteiger partial charge is 0.255 e. The highest BCUT2D eigenvalue weighted by Crippen LogP contribution is 2.27. The maximum Gasteiger partial charge on any atom is 0.255 e. The number of hydrogen-bond acceptors (Lipinski definition) is 4. The summed E-state index contributed by atoms with van der Waals surface area (Å²) >= 11 is 0. The predicted octanol–water partition coefficient (Wildman–Crippen LogP) is 3.18. The van der Waals surface area contributed by atoms with E-state index in [-0.39, 0.29) is 17.2 Å². The number of fused-ring (bicyclic) bond motifs is 1. The lowest BCUT2D eigenvalue weighted by molar-refractivity contribution is -0.113. The van der Waals surface area contributed by atoms with Gasteiger partial charge in [-0.2, -0.15) is 0 Å². The van der Waals surface area contributed by atoms with Crippen molar-refractivity contribution in [1.82, 2.24) is 4.72 Å². The quantitative estimate of drug-likeness (QED) is 0.845. The average molecular weight is 386 g/mol. The Morgan fingerprint density at radius 2 is 1.70 bits per heavy atom. The normalized spacial score (nSPS) is 14.0. The van der Waals surface area contributed by atoms with Crippen LogP contribution in [-0.2, 0) is 14.8 Å². The molecule has 0 unspecified atom stereocenters. The van der Waals surface area contributed by atoms with E-state index >= 15 is 0 Å². The van der Waals surface area contributed by atoms with Crippen molar-refractivity contribution in [2.75, 3.05) is 11.9 Å². The van der Waals surface area contributed by atoms with Gasteiger partial charge in [0.05, 0.1) is 11.3 Å². The largest absolute Gasteiger partial charge is 0.488 e. The molecule has 0 saturated heterocycles. The topological polar surface area (TPSA) is 84.5 Å². The van der Waals surface area contributed by atoms with Crippen LogP contribution in [0.25, 0.3) is 6.08 Å². The SMILES string of the molecule is CC(C)(C)NS(=O)(=O)c1ccccc1NC(=O)C1=Cc2ccccc2OC1. The first kappa shape index (κ1) is 19.1. The molecule has 3 rings (SSSR count). The summed E-state index contributed by atoms with van der Waals surface area (Å²) in [5, 5.41) is 2.70. The van der Waals surface area contributed by atoms with Gasteiger partial charge >= 0.3 is 0 Å². The highest BCUT2D eigenvalue weighted by molar-refractivity contribution is 7.89. The molecule has 1 amide bonds. The molecule has 0 saturated carbocycles. The number of ether oxygens (including phenoxy) is 1. The molecule has 2 aromatic rings. The van der Waals surface area contributed by atoms with Gasteiger partial charge in [-0.1, -0.05) is 30.3 Å². The molecular formula is C20H22N2O4S. The molecule has 1 aliphatic heterocycles. The maximum atomic E-state index is 12.7. The Balaban J connectivity index is 1.87. The standard InChI is InChI=1S/C20H22N2O4S/c1-20(2,3)22-27(24,25)18-11-7-5-9-16(18)21-19(23)15-12-14-8-4-6-10-17(14)26-13-15/h4-12,22H,13H2,1-3H3,(H,21,23). The third kappa shape index (κ3) is 4.56. The van der Waals surface area contributed by atoms with Crippen LogP contribution >= 0.6 is 0 Å². The number of para-hydroxylation sites is 2. The zero-order valence-electron chi connectivity index (χ0n) is 15.4. The fraction of sp³-hybridized carbons (Fsp3) is 0.250. The molecule has 0 bridgehead atoms. The number of sulfonamides is 1. The zero-order valence-corrected chi connectivity index (χ0v) is 16.3. The second-order valence-corrected chi connectivity index (χ2v) is 8.95. The van der Waals surface area contributed by atoms with Crippen molar-refractivity contribution in [3.8, 4) is 5.75 Å². The zero-order chi connectivity index (χ0) is 19.7. The van der Waals surface area contributed by atoms with Crippen molar-refractivity contribution in [3.63, 3.8) is 0 Å². The van der Waals surface area contributed by atoms with Gasteiger partial charge < -0.3 is 10.1 Å². The lowest BCUT2D eigenvalue weighted by atomic mass is 10.1. The summed E-state index contributed by atoms with van der Waals surface area (Å²) in [6.07, 6.45) is 1.75. The maximum absolute atomic E-state index is 12.7. The Hall–Kier alpha value is -2.64. The molecule has 0 aliphatic carbocycles. The van der Waals surface area contributed by atoms with Gasteiger partial charge in [-0.05, 0) is 45.0 Å². The lowest BCUT2D eigenvalue weighted by Gasteiger charge is -2.22.